The first-order valence-electron chi connectivity index (χ1n) is 10.5. The molecule has 8 nitrogen and oxygen atoms in total. The number of benzene rings is 2. The van der Waals surface area contributed by atoms with Gasteiger partial charge in [0.05, 0.1) is 19.7 Å². The number of nitrogens with one attached hydrogen (secondary N) is 2. The molecule has 3 amide bonds. The normalized spacial score (nSPS) is 10.4. The monoisotopic (exact) mass is 441 g/mol. The molecule has 0 atom stereocenters. The highest BCUT2D eigenvalue weighted by Crippen LogP contribution is 2.08. The van der Waals surface area contributed by atoms with Crippen molar-refractivity contribution < 1.29 is 23.9 Å². The summed E-state index contributed by atoms with van der Waals surface area (Å²) in [7, 11) is 1.58. The molecule has 0 saturated carbocycles. The van der Waals surface area contributed by atoms with Crippen molar-refractivity contribution in [1.82, 2.24) is 10.2 Å². The van der Waals surface area contributed by atoms with Gasteiger partial charge in [-0.15, -0.1) is 0 Å². The highest BCUT2D eigenvalue weighted by Gasteiger charge is 2.18. The predicted octanol–water partition coefficient (Wildman–Crippen LogP) is 2.13. The number of amides is 3. The van der Waals surface area contributed by atoms with E-state index in [0.29, 0.717) is 31.9 Å². The Hall–Kier alpha value is -3.23. The number of ether oxygens (including phenoxy) is 2. The summed E-state index contributed by atoms with van der Waals surface area (Å²) in [4.78, 5) is 38.4. The van der Waals surface area contributed by atoms with E-state index in [2.05, 4.69) is 10.6 Å². The summed E-state index contributed by atoms with van der Waals surface area (Å²) in [5.74, 6) is -1.06. The van der Waals surface area contributed by atoms with Gasteiger partial charge in [-0.2, -0.15) is 0 Å². The largest absolute Gasteiger partial charge is 0.385 e. The maximum absolute atomic E-state index is 12.6. The van der Waals surface area contributed by atoms with E-state index in [1.54, 1.807) is 19.2 Å². The topological polar surface area (TPSA) is 97.0 Å². The number of rotatable bonds is 13. The van der Waals surface area contributed by atoms with Crippen LogP contribution in [-0.4, -0.2) is 62.6 Å². The number of hydrogen-bond acceptors (Lipinski definition) is 5. The Morgan fingerprint density at radius 1 is 0.969 bits per heavy atom. The molecule has 2 aromatic carbocycles. The van der Waals surface area contributed by atoms with Gasteiger partial charge in [0.25, 0.3) is 0 Å². The van der Waals surface area contributed by atoms with Gasteiger partial charge >= 0.3 is 0 Å². The van der Waals surface area contributed by atoms with Crippen LogP contribution in [0.2, 0.25) is 0 Å². The maximum Gasteiger partial charge on any atom is 0.249 e. The molecule has 2 aromatic rings. The summed E-state index contributed by atoms with van der Waals surface area (Å²) < 4.78 is 10.5. The van der Waals surface area contributed by atoms with Crippen molar-refractivity contribution in [1.29, 1.82) is 0 Å². The quantitative estimate of drug-likeness (QED) is 0.464. The molecule has 0 unspecified atom stereocenters. The summed E-state index contributed by atoms with van der Waals surface area (Å²) in [5, 5.41) is 5.27. The third-order valence-corrected chi connectivity index (χ3v) is 4.58. The minimum absolute atomic E-state index is 0.136. The van der Waals surface area contributed by atoms with Gasteiger partial charge < -0.3 is 25.0 Å². The number of aryl methyl sites for hydroxylation is 1. The van der Waals surface area contributed by atoms with Crippen molar-refractivity contribution in [3.63, 3.8) is 0 Å². The van der Waals surface area contributed by atoms with E-state index < -0.39 is 5.91 Å². The lowest BCUT2D eigenvalue weighted by atomic mass is 10.2. The Labute approximate surface area is 188 Å². The molecular weight excluding hydrogens is 410 g/mol. The fourth-order valence-corrected chi connectivity index (χ4v) is 2.86. The van der Waals surface area contributed by atoms with E-state index in [9.17, 15) is 14.4 Å². The number of nitrogens with zero attached hydrogens (tertiary/aromatic N) is 1. The Balaban J connectivity index is 1.79. The van der Waals surface area contributed by atoms with E-state index in [1.165, 1.54) is 4.90 Å². The zero-order chi connectivity index (χ0) is 23.2. The molecule has 0 saturated heterocycles. The zero-order valence-electron chi connectivity index (χ0n) is 18.6. The van der Waals surface area contributed by atoms with Crippen molar-refractivity contribution >= 4 is 23.4 Å². The number of carbonyl (C=O) groups excluding carboxylic acids is 3. The van der Waals surface area contributed by atoms with Gasteiger partial charge in [0.2, 0.25) is 17.7 Å². The summed E-state index contributed by atoms with van der Waals surface area (Å²) in [6.45, 7) is 2.61. The van der Waals surface area contributed by atoms with Gasteiger partial charge in [0, 0.05) is 25.9 Å². The first kappa shape index (κ1) is 25.0. The molecule has 0 fully saturated rings. The van der Waals surface area contributed by atoms with Crippen LogP contribution in [0.15, 0.2) is 54.6 Å². The number of carbonyl (C=O) groups is 3. The third-order valence-electron chi connectivity index (χ3n) is 4.58. The summed E-state index contributed by atoms with van der Waals surface area (Å²) >= 11 is 0. The smallest absolute Gasteiger partial charge is 0.249 e. The molecule has 172 valence electrons. The van der Waals surface area contributed by atoms with Crippen molar-refractivity contribution in [2.75, 3.05) is 45.3 Å². The molecule has 0 aromatic heterocycles. The third kappa shape index (κ3) is 9.72. The average Bonchev–Trinajstić information content (AvgIpc) is 2.79. The van der Waals surface area contributed by atoms with Crippen LogP contribution in [0.3, 0.4) is 0 Å². The van der Waals surface area contributed by atoms with Crippen molar-refractivity contribution in [3.05, 3.63) is 65.7 Å². The van der Waals surface area contributed by atoms with Gasteiger partial charge in [0.15, 0.2) is 0 Å². The van der Waals surface area contributed by atoms with E-state index in [1.807, 2.05) is 49.4 Å². The van der Waals surface area contributed by atoms with Crippen LogP contribution in [-0.2, 0) is 30.5 Å². The molecule has 0 radical (unpaired) electrons. The first-order valence-corrected chi connectivity index (χ1v) is 10.5. The molecule has 0 aliphatic heterocycles. The molecule has 2 rings (SSSR count). The van der Waals surface area contributed by atoms with Crippen molar-refractivity contribution in [2.24, 2.45) is 0 Å². The molecule has 2 N–H and O–H groups in total. The molecule has 32 heavy (non-hydrogen) atoms. The maximum atomic E-state index is 12.6. The molecule has 0 heterocycles. The lowest BCUT2D eigenvalue weighted by molar-refractivity contribution is -0.140. The van der Waals surface area contributed by atoms with Crippen LogP contribution in [0.25, 0.3) is 0 Å². The van der Waals surface area contributed by atoms with Gasteiger partial charge in [-0.25, -0.2) is 0 Å². The Morgan fingerprint density at radius 3 is 2.38 bits per heavy atom. The highest BCUT2D eigenvalue weighted by atomic mass is 16.5. The lowest BCUT2D eigenvalue weighted by Crippen LogP contribution is -2.44. The average molecular weight is 442 g/mol. The summed E-state index contributed by atoms with van der Waals surface area (Å²) in [6, 6.07) is 16.9. The Morgan fingerprint density at radius 2 is 1.69 bits per heavy atom. The van der Waals surface area contributed by atoms with Gasteiger partial charge in [-0.1, -0.05) is 48.0 Å². The van der Waals surface area contributed by atoms with Gasteiger partial charge in [-0.05, 0) is 31.0 Å². The minimum atomic E-state index is -0.419. The van der Waals surface area contributed by atoms with Crippen LogP contribution in [0.1, 0.15) is 17.5 Å². The lowest BCUT2D eigenvalue weighted by Gasteiger charge is -2.22. The second kappa shape index (κ2) is 14.0. The zero-order valence-corrected chi connectivity index (χ0v) is 18.6. The van der Waals surface area contributed by atoms with E-state index >= 15 is 0 Å². The fourth-order valence-electron chi connectivity index (χ4n) is 2.86. The second-order valence-corrected chi connectivity index (χ2v) is 7.33. The van der Waals surface area contributed by atoms with Crippen LogP contribution >= 0.6 is 0 Å². The Kier molecular flexibility index (Phi) is 10.9. The summed E-state index contributed by atoms with van der Waals surface area (Å²) in [6.07, 6.45) is 0.585. The van der Waals surface area contributed by atoms with Crippen LogP contribution in [0.5, 0.6) is 0 Å². The van der Waals surface area contributed by atoms with E-state index in [4.69, 9.17) is 9.47 Å². The van der Waals surface area contributed by atoms with Crippen molar-refractivity contribution in [2.45, 2.75) is 20.0 Å². The molecule has 0 aliphatic rings. The van der Waals surface area contributed by atoms with E-state index in [0.717, 1.165) is 11.1 Å². The predicted molar refractivity (Wildman–Crippen MR) is 122 cm³/mol. The molecule has 0 bridgehead atoms. The van der Waals surface area contributed by atoms with Crippen LogP contribution in [0.4, 0.5) is 5.69 Å². The fraction of sp³-hybridized carbons (Fsp3) is 0.375. The highest BCUT2D eigenvalue weighted by molar-refractivity contribution is 5.95. The first-order chi connectivity index (χ1) is 15.5. The molecule has 8 heteroatoms. The standard InChI is InChI=1S/C24H31N3O5/c1-19-9-11-21(12-10-19)26-22(28)15-25-23(29)16-27(13-6-14-31-2)24(30)18-32-17-20-7-4-3-5-8-20/h3-5,7-12H,6,13-18H2,1-2H3,(H,25,29)(H,26,28). The number of hydrogen-bond donors (Lipinski definition) is 2. The van der Waals surface area contributed by atoms with Crippen molar-refractivity contribution in [3.8, 4) is 0 Å². The number of anilines is 1. The summed E-state index contributed by atoms with van der Waals surface area (Å²) in [5.41, 5.74) is 2.70. The number of methoxy groups -OCH3 is 1. The van der Waals surface area contributed by atoms with Gasteiger partial charge in [0.1, 0.15) is 6.61 Å². The minimum Gasteiger partial charge on any atom is -0.385 e. The molecular formula is C24H31N3O5. The van der Waals surface area contributed by atoms with E-state index in [-0.39, 0.29) is 31.5 Å². The van der Waals surface area contributed by atoms with Gasteiger partial charge in [-0.3, -0.25) is 14.4 Å². The molecule has 0 aliphatic carbocycles. The second-order valence-electron chi connectivity index (χ2n) is 7.33. The van der Waals surface area contributed by atoms with Crippen LogP contribution < -0.4 is 10.6 Å². The SMILES string of the molecule is COCCCN(CC(=O)NCC(=O)Nc1ccc(C)cc1)C(=O)COCc1ccccc1. The Bertz CT molecular complexity index is 856. The van der Waals surface area contributed by atoms with Crippen LogP contribution in [0, 0.1) is 6.92 Å². The molecule has 0 spiro atoms.